The van der Waals surface area contributed by atoms with Crippen LogP contribution >= 0.6 is 0 Å². The van der Waals surface area contributed by atoms with Gasteiger partial charge in [-0.2, -0.15) is 0 Å². The number of nitrogens with two attached hydrogens (primary N) is 1. The van der Waals surface area contributed by atoms with Crippen molar-refractivity contribution in [2.45, 2.75) is 51.1 Å². The summed E-state index contributed by atoms with van der Waals surface area (Å²) in [6.07, 6.45) is 16.0. The molecule has 0 unspecified atom stereocenters. The van der Waals surface area contributed by atoms with E-state index < -0.39 is 0 Å². The van der Waals surface area contributed by atoms with Gasteiger partial charge in [-0.25, -0.2) is 24.9 Å². The minimum Gasteiger partial charge on any atom is -0.351 e. The Morgan fingerprint density at radius 3 is 2.65 bits per heavy atom. The number of nitrogens with one attached hydrogen (secondary N) is 1. The van der Waals surface area contributed by atoms with Crippen LogP contribution in [0.1, 0.15) is 42.4 Å². The van der Waals surface area contributed by atoms with E-state index in [-0.39, 0.29) is 0 Å². The number of fused-ring (bicyclic) bond motifs is 1. The van der Waals surface area contributed by atoms with Crippen LogP contribution in [0.3, 0.4) is 0 Å². The number of nitrogens with zero attached hydrogens (tertiary/aromatic N) is 6. The molecule has 8 nitrogen and oxygen atoms in total. The summed E-state index contributed by atoms with van der Waals surface area (Å²) >= 11 is 0. The van der Waals surface area contributed by atoms with Crippen LogP contribution in [0, 0.1) is 6.92 Å². The first-order valence-corrected chi connectivity index (χ1v) is 10.7. The van der Waals surface area contributed by atoms with Crippen LogP contribution in [0.2, 0.25) is 0 Å². The number of hydrogen-bond acceptors (Lipinski definition) is 7. The molecule has 31 heavy (non-hydrogen) atoms. The van der Waals surface area contributed by atoms with Gasteiger partial charge in [-0.15, -0.1) is 0 Å². The highest BCUT2D eigenvalue weighted by Gasteiger charge is 2.20. The number of anilines is 1. The molecule has 4 aromatic rings. The Kier molecular flexibility index (Phi) is 5.30. The van der Waals surface area contributed by atoms with Gasteiger partial charge in [-0.3, -0.25) is 4.40 Å². The van der Waals surface area contributed by atoms with Crippen molar-refractivity contribution in [3.05, 3.63) is 66.1 Å². The summed E-state index contributed by atoms with van der Waals surface area (Å²) in [4.78, 5) is 22.2. The maximum absolute atomic E-state index is 6.03. The molecule has 4 heterocycles. The minimum absolute atomic E-state index is 0.324. The zero-order valence-electron chi connectivity index (χ0n) is 17.6. The molecule has 0 spiro atoms. The van der Waals surface area contributed by atoms with E-state index >= 15 is 0 Å². The summed E-state index contributed by atoms with van der Waals surface area (Å²) in [5, 5.41) is 3.50. The molecule has 0 aliphatic heterocycles. The maximum atomic E-state index is 6.03. The minimum atomic E-state index is 0.324. The number of rotatable bonds is 5. The Labute approximate surface area is 181 Å². The van der Waals surface area contributed by atoms with Crippen LogP contribution in [0.15, 0.2) is 49.4 Å². The Hall–Kier alpha value is -3.39. The van der Waals surface area contributed by atoms with Gasteiger partial charge in [0.2, 0.25) is 5.95 Å². The fourth-order valence-corrected chi connectivity index (χ4v) is 4.18. The third kappa shape index (κ3) is 4.25. The number of aryl methyl sites for hydroxylation is 1. The lowest BCUT2D eigenvalue weighted by Gasteiger charge is -2.26. The van der Waals surface area contributed by atoms with Crippen molar-refractivity contribution in [3.63, 3.8) is 0 Å². The number of aromatic nitrogens is 6. The fraction of sp³-hybridized carbons (Fsp3) is 0.348. The lowest BCUT2D eigenvalue weighted by molar-refractivity contribution is 0.410. The second-order valence-electron chi connectivity index (χ2n) is 8.31. The molecule has 0 bridgehead atoms. The summed E-state index contributed by atoms with van der Waals surface area (Å²) in [7, 11) is 0. The van der Waals surface area contributed by atoms with Gasteiger partial charge in [0.15, 0.2) is 0 Å². The highest BCUT2D eigenvalue weighted by molar-refractivity contribution is 5.64. The van der Waals surface area contributed by atoms with Crippen molar-refractivity contribution < 1.29 is 0 Å². The van der Waals surface area contributed by atoms with Crippen molar-refractivity contribution >= 4 is 11.6 Å². The molecule has 8 heteroatoms. The van der Waals surface area contributed by atoms with E-state index in [2.05, 4.69) is 41.8 Å². The highest BCUT2D eigenvalue weighted by atomic mass is 15.1. The number of hydrogen-bond donors (Lipinski definition) is 2. The van der Waals surface area contributed by atoms with Crippen LogP contribution in [-0.4, -0.2) is 41.4 Å². The first-order valence-electron chi connectivity index (χ1n) is 10.7. The van der Waals surface area contributed by atoms with Gasteiger partial charge >= 0.3 is 0 Å². The van der Waals surface area contributed by atoms with Gasteiger partial charge in [0, 0.05) is 43.3 Å². The second kappa shape index (κ2) is 8.39. The topological polar surface area (TPSA) is 107 Å². The number of pyridine rings is 1. The SMILES string of the molecule is Cc1cnc(NC2CCC(N)CC2)nc1-c1cnc2cc(Cc3cncnc3)ccn12. The van der Waals surface area contributed by atoms with E-state index in [1.165, 1.54) is 0 Å². The monoisotopic (exact) mass is 414 g/mol. The third-order valence-electron chi connectivity index (χ3n) is 5.92. The first-order chi connectivity index (χ1) is 15.2. The summed E-state index contributed by atoms with van der Waals surface area (Å²) in [6, 6.07) is 4.90. The number of imidazole rings is 1. The molecule has 3 N–H and O–H groups in total. The van der Waals surface area contributed by atoms with E-state index in [0.717, 1.165) is 65.8 Å². The molecule has 0 amide bonds. The Balaban J connectivity index is 1.41. The van der Waals surface area contributed by atoms with Crippen molar-refractivity contribution in [3.8, 4) is 11.4 Å². The zero-order valence-corrected chi connectivity index (χ0v) is 17.6. The van der Waals surface area contributed by atoms with E-state index in [1.807, 2.05) is 37.9 Å². The molecule has 1 aliphatic rings. The van der Waals surface area contributed by atoms with Gasteiger partial charge in [0.05, 0.1) is 17.6 Å². The lowest BCUT2D eigenvalue weighted by Crippen LogP contribution is -2.33. The Morgan fingerprint density at radius 1 is 1.03 bits per heavy atom. The van der Waals surface area contributed by atoms with Crippen LogP contribution < -0.4 is 11.1 Å². The average Bonchev–Trinajstić information content (AvgIpc) is 3.20. The van der Waals surface area contributed by atoms with Gasteiger partial charge in [0.1, 0.15) is 12.0 Å². The summed E-state index contributed by atoms with van der Waals surface area (Å²) in [5.41, 5.74) is 12.0. The van der Waals surface area contributed by atoms with Crippen molar-refractivity contribution in [2.75, 3.05) is 5.32 Å². The van der Waals surface area contributed by atoms with E-state index in [0.29, 0.717) is 18.0 Å². The van der Waals surface area contributed by atoms with E-state index in [9.17, 15) is 0 Å². The van der Waals surface area contributed by atoms with Crippen molar-refractivity contribution in [1.82, 2.24) is 29.3 Å². The molecule has 4 aromatic heterocycles. The van der Waals surface area contributed by atoms with Gasteiger partial charge < -0.3 is 11.1 Å². The predicted octanol–water partition coefficient (Wildman–Crippen LogP) is 3.16. The van der Waals surface area contributed by atoms with Crippen molar-refractivity contribution in [2.24, 2.45) is 5.73 Å². The largest absolute Gasteiger partial charge is 0.351 e. The Morgan fingerprint density at radius 2 is 1.84 bits per heavy atom. The molecule has 5 rings (SSSR count). The molecule has 0 atom stereocenters. The normalized spacial score (nSPS) is 18.9. The Bertz CT molecular complexity index is 1180. The van der Waals surface area contributed by atoms with Crippen LogP contribution in [0.25, 0.3) is 17.0 Å². The molecule has 1 saturated carbocycles. The smallest absolute Gasteiger partial charge is 0.223 e. The summed E-state index contributed by atoms with van der Waals surface area (Å²) < 4.78 is 2.07. The quantitative estimate of drug-likeness (QED) is 0.516. The molecule has 1 fully saturated rings. The molecule has 158 valence electrons. The van der Waals surface area contributed by atoms with Gasteiger partial charge in [0.25, 0.3) is 0 Å². The average molecular weight is 415 g/mol. The standard InChI is InChI=1S/C23H26N8/c1-15-10-28-23(29-19-4-2-18(24)3-5-19)30-22(15)20-13-27-21-9-16(6-7-31(20)21)8-17-11-25-14-26-12-17/h6-7,9-14,18-19H,2-5,8,24H2,1H3,(H,28,29,30). The summed E-state index contributed by atoms with van der Waals surface area (Å²) in [6.45, 7) is 2.03. The fourth-order valence-electron chi connectivity index (χ4n) is 4.18. The van der Waals surface area contributed by atoms with Crippen LogP contribution in [-0.2, 0) is 6.42 Å². The molecule has 1 aliphatic carbocycles. The highest BCUT2D eigenvalue weighted by Crippen LogP contribution is 2.25. The molecule has 0 aromatic carbocycles. The summed E-state index contributed by atoms with van der Waals surface area (Å²) in [5.74, 6) is 0.664. The first kappa shape index (κ1) is 19.6. The lowest BCUT2D eigenvalue weighted by atomic mass is 9.92. The van der Waals surface area contributed by atoms with Crippen LogP contribution in [0.5, 0.6) is 0 Å². The molecule has 0 radical (unpaired) electrons. The maximum Gasteiger partial charge on any atom is 0.223 e. The van der Waals surface area contributed by atoms with E-state index in [1.54, 1.807) is 6.33 Å². The van der Waals surface area contributed by atoms with Gasteiger partial charge in [-0.1, -0.05) is 0 Å². The second-order valence-corrected chi connectivity index (χ2v) is 8.31. The predicted molar refractivity (Wildman–Crippen MR) is 120 cm³/mol. The van der Waals surface area contributed by atoms with Gasteiger partial charge in [-0.05, 0) is 61.4 Å². The van der Waals surface area contributed by atoms with Crippen LogP contribution in [0.4, 0.5) is 5.95 Å². The third-order valence-corrected chi connectivity index (χ3v) is 5.92. The molecular formula is C23H26N8. The van der Waals surface area contributed by atoms with E-state index in [4.69, 9.17) is 10.7 Å². The van der Waals surface area contributed by atoms with Crippen molar-refractivity contribution in [1.29, 1.82) is 0 Å². The molecule has 0 saturated heterocycles. The zero-order chi connectivity index (χ0) is 21.2. The molecular weight excluding hydrogens is 388 g/mol.